The van der Waals surface area contributed by atoms with Crippen molar-refractivity contribution in [3.63, 3.8) is 0 Å². The van der Waals surface area contributed by atoms with Crippen LogP contribution in [0.5, 0.6) is 0 Å². The molecule has 0 spiro atoms. The zero-order chi connectivity index (χ0) is 9.19. The third-order valence-electron chi connectivity index (χ3n) is 2.92. The summed E-state index contributed by atoms with van der Waals surface area (Å²) in [7, 11) is 0. The minimum Gasteiger partial charge on any atom is -0.481 e. The molecule has 0 aromatic heterocycles. The molecule has 1 atom stereocenters. The third-order valence-corrected chi connectivity index (χ3v) is 2.92. The van der Waals surface area contributed by atoms with Crippen molar-refractivity contribution in [2.24, 2.45) is 11.3 Å². The average Bonchev–Trinajstić information content (AvgIpc) is 2.10. The van der Waals surface area contributed by atoms with Crippen molar-refractivity contribution in [1.82, 2.24) is 0 Å². The molecule has 1 aliphatic rings. The Kier molecular flexibility index (Phi) is 2.76. The predicted molar refractivity (Wildman–Crippen MR) is 48.0 cm³/mol. The molecule has 0 heterocycles. The Morgan fingerprint density at radius 2 is 2.00 bits per heavy atom. The lowest BCUT2D eigenvalue weighted by Crippen LogP contribution is -2.13. The van der Waals surface area contributed by atoms with Crippen LogP contribution in [0.25, 0.3) is 0 Å². The molecule has 0 aliphatic heterocycles. The molecule has 0 aromatic rings. The maximum atomic E-state index is 10.7. The van der Waals surface area contributed by atoms with E-state index in [1.54, 1.807) is 0 Å². The van der Waals surface area contributed by atoms with Crippen LogP contribution in [-0.4, -0.2) is 11.1 Å². The van der Waals surface area contributed by atoms with Crippen LogP contribution in [-0.2, 0) is 4.79 Å². The summed E-state index contributed by atoms with van der Waals surface area (Å²) in [5, 5.41) is 8.83. The van der Waals surface area contributed by atoms with Crippen molar-refractivity contribution >= 4 is 5.97 Å². The van der Waals surface area contributed by atoms with Crippen molar-refractivity contribution in [3.8, 4) is 0 Å². The summed E-state index contributed by atoms with van der Waals surface area (Å²) in [5.74, 6) is -0.681. The molecule has 1 saturated carbocycles. The minimum atomic E-state index is -0.604. The van der Waals surface area contributed by atoms with E-state index in [9.17, 15) is 4.79 Å². The molecule has 2 heteroatoms. The molecule has 0 bridgehead atoms. The Hall–Kier alpha value is -0.530. The SMILES string of the molecule is CC1(C)CCCC(C(=O)O)CC1. The largest absolute Gasteiger partial charge is 0.481 e. The Balaban J connectivity index is 2.50. The number of aliphatic carboxylic acids is 1. The van der Waals surface area contributed by atoms with Crippen molar-refractivity contribution < 1.29 is 9.90 Å². The lowest BCUT2D eigenvalue weighted by atomic mass is 9.85. The van der Waals surface area contributed by atoms with E-state index in [0.29, 0.717) is 5.41 Å². The minimum absolute atomic E-state index is 0.0771. The first-order valence-electron chi connectivity index (χ1n) is 4.74. The van der Waals surface area contributed by atoms with Crippen LogP contribution in [0.2, 0.25) is 0 Å². The molecule has 1 unspecified atom stereocenters. The summed E-state index contributed by atoms with van der Waals surface area (Å²) in [4.78, 5) is 10.7. The van der Waals surface area contributed by atoms with Gasteiger partial charge in [0, 0.05) is 0 Å². The Morgan fingerprint density at radius 1 is 1.33 bits per heavy atom. The topological polar surface area (TPSA) is 37.3 Å². The first-order valence-corrected chi connectivity index (χ1v) is 4.74. The van der Waals surface area contributed by atoms with Crippen molar-refractivity contribution in [3.05, 3.63) is 0 Å². The van der Waals surface area contributed by atoms with E-state index in [4.69, 9.17) is 5.11 Å². The molecule has 0 radical (unpaired) electrons. The van der Waals surface area contributed by atoms with Crippen LogP contribution in [0.4, 0.5) is 0 Å². The highest BCUT2D eigenvalue weighted by Crippen LogP contribution is 2.36. The quantitative estimate of drug-likeness (QED) is 0.614. The van der Waals surface area contributed by atoms with Crippen LogP contribution >= 0.6 is 0 Å². The molecule has 1 aliphatic carbocycles. The Bertz CT molecular complexity index is 173. The molecular weight excluding hydrogens is 152 g/mol. The fraction of sp³-hybridized carbons (Fsp3) is 0.900. The Labute approximate surface area is 74.0 Å². The number of carboxylic acids is 1. The summed E-state index contributed by atoms with van der Waals surface area (Å²) in [5.41, 5.74) is 0.365. The van der Waals surface area contributed by atoms with Crippen LogP contribution in [0.1, 0.15) is 46.0 Å². The van der Waals surface area contributed by atoms with E-state index < -0.39 is 5.97 Å². The first-order chi connectivity index (χ1) is 5.51. The van der Waals surface area contributed by atoms with E-state index in [1.807, 2.05) is 0 Å². The van der Waals surface area contributed by atoms with Crippen LogP contribution in [0, 0.1) is 11.3 Å². The lowest BCUT2D eigenvalue weighted by Gasteiger charge is -2.21. The van der Waals surface area contributed by atoms with Gasteiger partial charge in [0.1, 0.15) is 0 Å². The van der Waals surface area contributed by atoms with Crippen molar-refractivity contribution in [2.75, 3.05) is 0 Å². The first kappa shape index (κ1) is 9.56. The fourth-order valence-electron chi connectivity index (χ4n) is 1.91. The van der Waals surface area contributed by atoms with Gasteiger partial charge in [-0.05, 0) is 31.1 Å². The number of carbonyl (C=O) groups is 1. The summed E-state index contributed by atoms with van der Waals surface area (Å²) in [6.07, 6.45) is 5.05. The second-order valence-corrected chi connectivity index (χ2v) is 4.63. The average molecular weight is 170 g/mol. The molecule has 1 N–H and O–H groups in total. The van der Waals surface area contributed by atoms with Gasteiger partial charge in [0.05, 0.1) is 5.92 Å². The van der Waals surface area contributed by atoms with Gasteiger partial charge < -0.3 is 5.11 Å². The molecular formula is C10H18O2. The van der Waals surface area contributed by atoms with Crippen molar-refractivity contribution in [2.45, 2.75) is 46.0 Å². The van der Waals surface area contributed by atoms with E-state index in [2.05, 4.69) is 13.8 Å². The molecule has 0 saturated heterocycles. The maximum Gasteiger partial charge on any atom is 0.306 e. The molecule has 1 fully saturated rings. The Morgan fingerprint density at radius 3 is 2.58 bits per heavy atom. The van der Waals surface area contributed by atoms with Gasteiger partial charge in [0.15, 0.2) is 0 Å². The number of hydrogen-bond donors (Lipinski definition) is 1. The predicted octanol–water partition coefficient (Wildman–Crippen LogP) is 2.68. The summed E-state index contributed by atoms with van der Waals surface area (Å²) in [6, 6.07) is 0. The summed E-state index contributed by atoms with van der Waals surface area (Å²) >= 11 is 0. The van der Waals surface area contributed by atoms with Gasteiger partial charge in [-0.25, -0.2) is 0 Å². The smallest absolute Gasteiger partial charge is 0.306 e. The van der Waals surface area contributed by atoms with Crippen LogP contribution < -0.4 is 0 Å². The van der Waals surface area contributed by atoms with E-state index in [0.717, 1.165) is 25.7 Å². The molecule has 70 valence electrons. The molecule has 12 heavy (non-hydrogen) atoms. The van der Waals surface area contributed by atoms with Gasteiger partial charge >= 0.3 is 5.97 Å². The second kappa shape index (κ2) is 3.46. The van der Waals surface area contributed by atoms with Crippen molar-refractivity contribution in [1.29, 1.82) is 0 Å². The zero-order valence-corrected chi connectivity index (χ0v) is 7.97. The highest BCUT2D eigenvalue weighted by Gasteiger charge is 2.27. The summed E-state index contributed by atoms with van der Waals surface area (Å²) < 4.78 is 0. The number of rotatable bonds is 1. The van der Waals surface area contributed by atoms with Gasteiger partial charge in [-0.3, -0.25) is 4.79 Å². The normalized spacial score (nSPS) is 29.3. The van der Waals surface area contributed by atoms with E-state index in [1.165, 1.54) is 6.42 Å². The van der Waals surface area contributed by atoms with Gasteiger partial charge in [-0.15, -0.1) is 0 Å². The molecule has 0 amide bonds. The highest BCUT2D eigenvalue weighted by molar-refractivity contribution is 5.69. The number of carboxylic acid groups (broad SMARTS) is 1. The van der Waals surface area contributed by atoms with E-state index in [-0.39, 0.29) is 5.92 Å². The zero-order valence-electron chi connectivity index (χ0n) is 7.97. The van der Waals surface area contributed by atoms with Gasteiger partial charge in [0.2, 0.25) is 0 Å². The lowest BCUT2D eigenvalue weighted by molar-refractivity contribution is -0.142. The molecule has 0 aromatic carbocycles. The monoisotopic (exact) mass is 170 g/mol. The summed E-state index contributed by atoms with van der Waals surface area (Å²) in [6.45, 7) is 4.47. The van der Waals surface area contributed by atoms with Gasteiger partial charge in [0.25, 0.3) is 0 Å². The molecule has 2 nitrogen and oxygen atoms in total. The highest BCUT2D eigenvalue weighted by atomic mass is 16.4. The van der Waals surface area contributed by atoms with Gasteiger partial charge in [-0.1, -0.05) is 20.3 Å². The third kappa shape index (κ3) is 2.50. The van der Waals surface area contributed by atoms with Crippen LogP contribution in [0.15, 0.2) is 0 Å². The maximum absolute atomic E-state index is 10.7. The van der Waals surface area contributed by atoms with Gasteiger partial charge in [-0.2, -0.15) is 0 Å². The second-order valence-electron chi connectivity index (χ2n) is 4.63. The fourth-order valence-corrected chi connectivity index (χ4v) is 1.91. The standard InChI is InChI=1S/C10H18O2/c1-10(2)6-3-4-8(5-7-10)9(11)12/h8H,3-7H2,1-2H3,(H,11,12). The number of hydrogen-bond acceptors (Lipinski definition) is 1. The van der Waals surface area contributed by atoms with Crippen LogP contribution in [0.3, 0.4) is 0 Å². The molecule has 1 rings (SSSR count). The van der Waals surface area contributed by atoms with E-state index >= 15 is 0 Å².